The third-order valence-corrected chi connectivity index (χ3v) is 14.2. The standard InChI is InChI=1S/C55H74N6O18/c1-8-31-32-23-30(63)15-16-37(32)60-45-33(31)27-61-39(45)24-36-34(52(61)75)28-78-53(76)55(36,10-3)79-44(68)26-58-43(67)25-38(59-42(66)18-22-77-21-17-29(4)62)40(64)13-11-20-57-51(74)49(72)48(71)47(70)46(69)41(65)14-12-19-56-50(73)35(9-2)54(5,6)7/h15-16,23-24,35,38,46-49,63,69-72H,8-14,17-22,25-28H2,1-7H3,(H,56,73)(H,57,74)(H,58,67)(H,59,66)/t35?,38?,46-,47+,48+,49-,55+/m1/s1. The van der Waals surface area contributed by atoms with Gasteiger partial charge in [-0.05, 0) is 74.3 Å². The molecule has 1 aromatic carbocycles. The molecule has 24 nitrogen and oxygen atoms in total. The van der Waals surface area contributed by atoms with Crippen LogP contribution in [-0.2, 0) is 82.5 Å². The van der Waals surface area contributed by atoms with Crippen molar-refractivity contribution in [1.29, 1.82) is 0 Å². The van der Waals surface area contributed by atoms with Crippen LogP contribution >= 0.6 is 0 Å². The maximum absolute atomic E-state index is 14.1. The van der Waals surface area contributed by atoms with Gasteiger partial charge in [0.15, 0.2) is 17.7 Å². The SMILES string of the molecule is CCc1c2c(nc3ccc(O)cc13)-c1cc3c(c(=O)n1C2)COC(=O)[C@@]3(CC)OC(=O)CNC(=O)CC(NC(=O)CCOCCC(C)=O)C(=O)CCCNC(=O)[C@H](O)[C@@H](O)[C@@H](O)[C@H](O)C(=O)CCCNC(=O)C(CC)C(C)(C)C. The average molecular weight is 1110 g/mol. The van der Waals surface area contributed by atoms with Crippen molar-refractivity contribution in [1.82, 2.24) is 30.8 Å². The van der Waals surface area contributed by atoms with Crippen LogP contribution in [0.25, 0.3) is 22.3 Å². The van der Waals surface area contributed by atoms with Crippen molar-refractivity contribution in [2.24, 2.45) is 11.3 Å². The van der Waals surface area contributed by atoms with Crippen LogP contribution in [0.1, 0.15) is 129 Å². The predicted molar refractivity (Wildman–Crippen MR) is 281 cm³/mol. The van der Waals surface area contributed by atoms with E-state index in [4.69, 9.17) is 19.2 Å². The first-order chi connectivity index (χ1) is 37.3. The predicted octanol–water partition coefficient (Wildman–Crippen LogP) is 0.722. The van der Waals surface area contributed by atoms with E-state index in [1.807, 2.05) is 34.6 Å². The Balaban J connectivity index is 1.18. The Bertz CT molecular complexity index is 2860. The van der Waals surface area contributed by atoms with Gasteiger partial charge in [-0.1, -0.05) is 41.5 Å². The van der Waals surface area contributed by atoms with Gasteiger partial charge in [0.1, 0.15) is 43.0 Å². The molecule has 0 spiro atoms. The largest absolute Gasteiger partial charge is 0.508 e. The number of esters is 2. The number of aryl methyl sites for hydroxylation is 1. The molecule has 0 bridgehead atoms. The number of aliphatic hydroxyl groups excluding tert-OH is 4. The first-order valence-electron chi connectivity index (χ1n) is 26.6. The summed E-state index contributed by atoms with van der Waals surface area (Å²) in [7, 11) is 0. The second-order valence-electron chi connectivity index (χ2n) is 20.9. The van der Waals surface area contributed by atoms with Crippen LogP contribution < -0.4 is 26.8 Å². The number of ketones is 3. The molecule has 0 radical (unpaired) electrons. The maximum atomic E-state index is 14.1. The molecule has 4 amide bonds. The fourth-order valence-corrected chi connectivity index (χ4v) is 9.77. The molecule has 4 heterocycles. The van der Waals surface area contributed by atoms with Crippen molar-refractivity contribution in [2.75, 3.05) is 32.8 Å². The number of rotatable bonds is 30. The van der Waals surface area contributed by atoms with Crippen molar-refractivity contribution < 1.29 is 82.9 Å². The Morgan fingerprint density at radius 2 is 1.46 bits per heavy atom. The fraction of sp³-hybridized carbons (Fsp3) is 0.582. The summed E-state index contributed by atoms with van der Waals surface area (Å²) in [5.41, 5.74) is 0.256. The lowest BCUT2D eigenvalue weighted by Crippen LogP contribution is -2.52. The van der Waals surface area contributed by atoms with E-state index in [1.54, 1.807) is 25.1 Å². The Morgan fingerprint density at radius 1 is 0.810 bits per heavy atom. The molecule has 5 rings (SSSR count). The third-order valence-electron chi connectivity index (χ3n) is 14.2. The van der Waals surface area contributed by atoms with Crippen molar-refractivity contribution in [3.63, 3.8) is 0 Å². The highest BCUT2D eigenvalue weighted by atomic mass is 16.6. The van der Waals surface area contributed by atoms with E-state index >= 15 is 0 Å². The first-order valence-corrected chi connectivity index (χ1v) is 26.6. The number of amides is 4. The Morgan fingerprint density at radius 3 is 2.09 bits per heavy atom. The van der Waals surface area contributed by atoms with Gasteiger partial charge in [0, 0.05) is 61.2 Å². The zero-order valence-corrected chi connectivity index (χ0v) is 45.7. The molecular formula is C55H74N6O18. The second-order valence-corrected chi connectivity index (χ2v) is 20.9. The van der Waals surface area contributed by atoms with E-state index in [-0.39, 0.29) is 118 Å². The normalized spacial score (nSPS) is 16.9. The van der Waals surface area contributed by atoms with Crippen LogP contribution in [-0.4, -0.2) is 151 Å². The van der Waals surface area contributed by atoms with E-state index < -0.39 is 102 Å². The van der Waals surface area contributed by atoms with E-state index in [9.17, 15) is 73.5 Å². The molecule has 79 heavy (non-hydrogen) atoms. The molecule has 0 saturated carbocycles. The number of cyclic esters (lactones) is 1. The number of carbonyl (C=O) groups is 9. The monoisotopic (exact) mass is 1110 g/mol. The Labute approximate surface area is 456 Å². The number of ether oxygens (including phenoxy) is 3. The summed E-state index contributed by atoms with van der Waals surface area (Å²) in [6.45, 7) is 11.1. The van der Waals surface area contributed by atoms with Gasteiger partial charge in [0.05, 0.1) is 54.7 Å². The zero-order chi connectivity index (χ0) is 58.5. The van der Waals surface area contributed by atoms with Gasteiger partial charge in [-0.2, -0.15) is 0 Å². The molecule has 0 aliphatic carbocycles. The summed E-state index contributed by atoms with van der Waals surface area (Å²) in [4.78, 5) is 135. The van der Waals surface area contributed by atoms with E-state index in [2.05, 4.69) is 21.3 Å². The van der Waals surface area contributed by atoms with Crippen LogP contribution in [0.2, 0.25) is 0 Å². The maximum Gasteiger partial charge on any atom is 0.355 e. The van der Waals surface area contributed by atoms with Gasteiger partial charge >= 0.3 is 11.9 Å². The number of fused-ring (bicyclic) bond motifs is 5. The molecule has 3 aromatic rings. The van der Waals surface area contributed by atoms with E-state index in [0.29, 0.717) is 35.1 Å². The number of carbonyl (C=O) groups excluding carboxylic acids is 9. The average Bonchev–Trinajstić information content (AvgIpc) is 3.52. The minimum atomic E-state index is -2.34. The van der Waals surface area contributed by atoms with Crippen LogP contribution in [0.3, 0.4) is 0 Å². The van der Waals surface area contributed by atoms with Gasteiger partial charge in [0.25, 0.3) is 11.5 Å². The number of pyridine rings is 2. The van der Waals surface area contributed by atoms with Crippen LogP contribution in [0, 0.1) is 11.3 Å². The fourth-order valence-electron chi connectivity index (χ4n) is 9.77. The lowest BCUT2D eigenvalue weighted by atomic mass is 9.78. The smallest absolute Gasteiger partial charge is 0.355 e. The van der Waals surface area contributed by atoms with Crippen molar-refractivity contribution in [3.05, 3.63) is 56.9 Å². The number of nitrogens with zero attached hydrogens (tertiary/aromatic N) is 2. The number of hydrogen-bond acceptors (Lipinski definition) is 19. The number of aliphatic hydroxyl groups is 4. The summed E-state index contributed by atoms with van der Waals surface area (Å²) >= 11 is 0. The van der Waals surface area contributed by atoms with Crippen LogP contribution in [0.15, 0.2) is 29.1 Å². The summed E-state index contributed by atoms with van der Waals surface area (Å²) in [6, 6.07) is 4.82. The van der Waals surface area contributed by atoms with Gasteiger partial charge in [-0.15, -0.1) is 0 Å². The summed E-state index contributed by atoms with van der Waals surface area (Å²) < 4.78 is 18.1. The summed E-state index contributed by atoms with van der Waals surface area (Å²) in [5.74, 6) is -7.15. The number of nitrogens with one attached hydrogen (secondary N) is 4. The second kappa shape index (κ2) is 27.7. The van der Waals surface area contributed by atoms with Crippen molar-refractivity contribution >= 4 is 63.8 Å². The third kappa shape index (κ3) is 15.4. The molecule has 432 valence electrons. The molecule has 2 unspecified atom stereocenters. The van der Waals surface area contributed by atoms with Gasteiger partial charge < -0.3 is 65.6 Å². The number of aromatic nitrogens is 2. The lowest BCUT2D eigenvalue weighted by Gasteiger charge is -2.35. The number of aromatic hydroxyl groups is 1. The number of benzene rings is 1. The quantitative estimate of drug-likeness (QED) is 0.0257. The molecule has 0 saturated heterocycles. The van der Waals surface area contributed by atoms with E-state index in [0.717, 1.165) is 11.1 Å². The highest BCUT2D eigenvalue weighted by molar-refractivity contribution is 5.95. The number of Topliss-reactive ketones (excluding diaryl/α,β-unsaturated/α-hetero) is 3. The molecule has 7 atom stereocenters. The highest BCUT2D eigenvalue weighted by Gasteiger charge is 2.50. The number of phenolic OH excluding ortho intramolecular Hbond substituents is 1. The topological polar surface area (TPSA) is 365 Å². The number of phenols is 1. The molecule has 0 fully saturated rings. The lowest BCUT2D eigenvalue weighted by molar-refractivity contribution is -0.189. The van der Waals surface area contributed by atoms with Crippen LogP contribution in [0.5, 0.6) is 5.75 Å². The number of hydrogen-bond donors (Lipinski definition) is 9. The van der Waals surface area contributed by atoms with Gasteiger partial charge in [-0.3, -0.25) is 43.2 Å². The molecule has 2 aliphatic heterocycles. The minimum Gasteiger partial charge on any atom is -0.508 e. The Hall–Kier alpha value is -6.99. The summed E-state index contributed by atoms with van der Waals surface area (Å²) in [5, 5.41) is 62.5. The molecule has 9 N–H and O–H groups in total. The minimum absolute atomic E-state index is 0.0370. The highest BCUT2D eigenvalue weighted by Crippen LogP contribution is 2.42. The van der Waals surface area contributed by atoms with Gasteiger partial charge in [0.2, 0.25) is 23.3 Å². The van der Waals surface area contributed by atoms with Crippen molar-refractivity contribution in [2.45, 2.75) is 162 Å². The summed E-state index contributed by atoms with van der Waals surface area (Å²) in [6.07, 6.45) is -9.81. The van der Waals surface area contributed by atoms with Crippen LogP contribution in [0.4, 0.5) is 0 Å². The van der Waals surface area contributed by atoms with Gasteiger partial charge in [-0.25, -0.2) is 9.78 Å². The molecule has 2 aliphatic rings. The van der Waals surface area contributed by atoms with Crippen molar-refractivity contribution in [3.8, 4) is 17.1 Å². The molecular weight excluding hydrogens is 1030 g/mol. The molecule has 2 aromatic heterocycles. The Kier molecular flexibility index (Phi) is 22.1. The zero-order valence-electron chi connectivity index (χ0n) is 45.7. The first kappa shape index (κ1) is 62.8. The van der Waals surface area contributed by atoms with E-state index in [1.165, 1.54) is 17.6 Å². The molecule has 24 heteroatoms.